The molecule has 0 atom stereocenters. The highest BCUT2D eigenvalue weighted by Crippen LogP contribution is 2.24. The van der Waals surface area contributed by atoms with Gasteiger partial charge in [0.1, 0.15) is 0 Å². The molecule has 0 saturated heterocycles. The van der Waals surface area contributed by atoms with Gasteiger partial charge in [-0.25, -0.2) is 4.98 Å². The summed E-state index contributed by atoms with van der Waals surface area (Å²) in [6.45, 7) is 0. The van der Waals surface area contributed by atoms with Gasteiger partial charge in [-0.05, 0) is 24.3 Å². The van der Waals surface area contributed by atoms with Crippen LogP contribution in [-0.4, -0.2) is 29.4 Å². The van der Waals surface area contributed by atoms with Crippen LogP contribution in [-0.2, 0) is 11.2 Å². The van der Waals surface area contributed by atoms with Crippen molar-refractivity contribution in [2.75, 3.05) is 24.3 Å². The number of nitrogens with zero attached hydrogens (tertiary/aromatic N) is 3. The van der Waals surface area contributed by atoms with E-state index in [9.17, 15) is 4.79 Å². The Morgan fingerprint density at radius 3 is 2.56 bits per heavy atom. The van der Waals surface area contributed by atoms with Crippen LogP contribution >= 0.6 is 11.3 Å². The molecule has 5 nitrogen and oxygen atoms in total. The number of rotatable bonds is 5. The predicted octanol–water partition coefficient (Wildman–Crippen LogP) is 4.31. The maximum Gasteiger partial charge on any atom is 0.230 e. The molecule has 0 aliphatic carbocycles. The van der Waals surface area contributed by atoms with Crippen LogP contribution in [0.4, 0.5) is 11.4 Å². The summed E-state index contributed by atoms with van der Waals surface area (Å²) in [4.78, 5) is 20.1. The molecule has 1 N–H and O–H groups in total. The monoisotopic (exact) mass is 376 g/mol. The number of fused-ring (bicyclic) bond motifs is 1. The Labute approximate surface area is 161 Å². The highest BCUT2D eigenvalue weighted by Gasteiger charge is 2.12. The zero-order chi connectivity index (χ0) is 18.8. The van der Waals surface area contributed by atoms with Crippen LogP contribution in [0, 0.1) is 0 Å². The van der Waals surface area contributed by atoms with E-state index in [0.717, 1.165) is 33.3 Å². The lowest BCUT2D eigenvalue weighted by atomic mass is 10.2. The Hall–Kier alpha value is -3.12. The van der Waals surface area contributed by atoms with Crippen molar-refractivity contribution < 1.29 is 4.79 Å². The van der Waals surface area contributed by atoms with Crippen molar-refractivity contribution in [1.29, 1.82) is 0 Å². The summed E-state index contributed by atoms with van der Waals surface area (Å²) in [5.41, 5.74) is 4.83. The van der Waals surface area contributed by atoms with E-state index in [1.165, 1.54) is 0 Å². The third-order valence-corrected chi connectivity index (χ3v) is 5.25. The van der Waals surface area contributed by atoms with Crippen molar-refractivity contribution in [2.24, 2.45) is 0 Å². The molecule has 2 aromatic carbocycles. The maximum atomic E-state index is 12.5. The van der Waals surface area contributed by atoms with E-state index in [4.69, 9.17) is 0 Å². The lowest BCUT2D eigenvalue weighted by Gasteiger charge is -2.13. The highest BCUT2D eigenvalue weighted by atomic mass is 32.1. The molecular formula is C21H20N4OS. The molecule has 0 bridgehead atoms. The van der Waals surface area contributed by atoms with Crippen molar-refractivity contribution in [3.8, 4) is 11.3 Å². The van der Waals surface area contributed by atoms with E-state index < -0.39 is 0 Å². The topological polar surface area (TPSA) is 49.6 Å². The number of anilines is 2. The zero-order valence-corrected chi connectivity index (χ0v) is 16.0. The van der Waals surface area contributed by atoms with E-state index in [2.05, 4.69) is 10.3 Å². The third-order valence-electron chi connectivity index (χ3n) is 4.36. The van der Waals surface area contributed by atoms with Gasteiger partial charge in [0.25, 0.3) is 0 Å². The highest BCUT2D eigenvalue weighted by molar-refractivity contribution is 7.15. The number of benzene rings is 2. The number of aromatic nitrogens is 2. The van der Waals surface area contributed by atoms with Crippen molar-refractivity contribution >= 4 is 33.6 Å². The van der Waals surface area contributed by atoms with Crippen LogP contribution in [0.5, 0.6) is 0 Å². The summed E-state index contributed by atoms with van der Waals surface area (Å²) < 4.78 is 2.00. The molecule has 0 unspecified atom stereocenters. The largest absolute Gasteiger partial charge is 0.378 e. The van der Waals surface area contributed by atoms with Crippen LogP contribution in [0.25, 0.3) is 16.2 Å². The van der Waals surface area contributed by atoms with E-state index in [-0.39, 0.29) is 5.91 Å². The fraction of sp³-hybridized carbons (Fsp3) is 0.143. The molecule has 0 saturated carbocycles. The van der Waals surface area contributed by atoms with Gasteiger partial charge in [-0.1, -0.05) is 30.3 Å². The Morgan fingerprint density at radius 1 is 1.11 bits per heavy atom. The summed E-state index contributed by atoms with van der Waals surface area (Å²) >= 11 is 1.55. The first kappa shape index (κ1) is 17.3. The fourth-order valence-corrected chi connectivity index (χ4v) is 3.79. The number of carbonyl (C=O) groups excluding carboxylic acids is 1. The predicted molar refractivity (Wildman–Crippen MR) is 112 cm³/mol. The number of imidazole rings is 1. The minimum Gasteiger partial charge on any atom is -0.378 e. The van der Waals surface area contributed by atoms with Gasteiger partial charge in [0, 0.05) is 48.3 Å². The zero-order valence-electron chi connectivity index (χ0n) is 15.2. The summed E-state index contributed by atoms with van der Waals surface area (Å²) in [5.74, 6) is -0.0396. The van der Waals surface area contributed by atoms with Gasteiger partial charge in [-0.3, -0.25) is 9.20 Å². The number of nitrogens with one attached hydrogen (secondary N) is 1. The number of amides is 1. The second-order valence-electron chi connectivity index (χ2n) is 6.54. The van der Waals surface area contributed by atoms with E-state index in [1.807, 2.05) is 89.6 Å². The van der Waals surface area contributed by atoms with Gasteiger partial charge in [0.2, 0.25) is 5.91 Å². The average molecular weight is 376 g/mol. The van der Waals surface area contributed by atoms with Crippen molar-refractivity contribution in [2.45, 2.75) is 6.42 Å². The fourth-order valence-electron chi connectivity index (χ4n) is 2.92. The first-order valence-electron chi connectivity index (χ1n) is 8.68. The molecule has 0 fully saturated rings. The molecule has 2 heterocycles. The minimum absolute atomic E-state index is 0.0396. The van der Waals surface area contributed by atoms with Gasteiger partial charge in [-0.15, -0.1) is 11.3 Å². The molecule has 0 spiro atoms. The first-order valence-corrected chi connectivity index (χ1v) is 9.56. The molecular weight excluding hydrogens is 356 g/mol. The molecule has 27 heavy (non-hydrogen) atoms. The van der Waals surface area contributed by atoms with E-state index in [1.54, 1.807) is 11.3 Å². The van der Waals surface area contributed by atoms with Crippen molar-refractivity contribution in [1.82, 2.24) is 9.38 Å². The molecule has 1 amide bonds. The lowest BCUT2D eigenvalue weighted by molar-refractivity contribution is -0.115. The lowest BCUT2D eigenvalue weighted by Crippen LogP contribution is -2.15. The molecule has 136 valence electrons. The van der Waals surface area contributed by atoms with Crippen LogP contribution < -0.4 is 10.2 Å². The summed E-state index contributed by atoms with van der Waals surface area (Å²) in [6.07, 6.45) is 2.30. The Kier molecular flexibility index (Phi) is 4.64. The van der Waals surface area contributed by atoms with Gasteiger partial charge in [0.05, 0.1) is 12.1 Å². The molecule has 0 radical (unpaired) electrons. The van der Waals surface area contributed by atoms with Crippen LogP contribution in [0.2, 0.25) is 0 Å². The number of thiazole rings is 1. The van der Waals surface area contributed by atoms with Crippen LogP contribution in [0.1, 0.15) is 5.69 Å². The van der Waals surface area contributed by atoms with Gasteiger partial charge in [0.15, 0.2) is 4.96 Å². The second-order valence-corrected chi connectivity index (χ2v) is 7.37. The van der Waals surface area contributed by atoms with Gasteiger partial charge in [-0.2, -0.15) is 0 Å². The Morgan fingerprint density at radius 2 is 1.85 bits per heavy atom. The van der Waals surface area contributed by atoms with Gasteiger partial charge < -0.3 is 10.2 Å². The number of hydrogen-bond donors (Lipinski definition) is 1. The summed E-state index contributed by atoms with van der Waals surface area (Å²) in [5, 5.41) is 4.95. The van der Waals surface area contributed by atoms with Crippen LogP contribution in [0.15, 0.2) is 66.2 Å². The summed E-state index contributed by atoms with van der Waals surface area (Å²) in [6, 6.07) is 17.9. The number of hydrogen-bond acceptors (Lipinski definition) is 4. The quantitative estimate of drug-likeness (QED) is 0.565. The molecule has 4 rings (SSSR count). The SMILES string of the molecule is CN(C)c1ccc(NC(=O)Cc2csc3nc(-c4ccccc4)cn23)cc1. The van der Waals surface area contributed by atoms with Crippen molar-refractivity contribution in [3.05, 3.63) is 71.9 Å². The second kappa shape index (κ2) is 7.25. The average Bonchev–Trinajstić information content (AvgIpc) is 3.25. The molecule has 6 heteroatoms. The maximum absolute atomic E-state index is 12.5. The standard InChI is InChI=1S/C21H20N4OS/c1-24(2)17-10-8-16(9-11-17)22-20(26)12-18-14-27-21-23-19(13-25(18)21)15-6-4-3-5-7-15/h3-11,13-14H,12H2,1-2H3,(H,22,26). The van der Waals surface area contributed by atoms with Crippen molar-refractivity contribution in [3.63, 3.8) is 0 Å². The van der Waals surface area contributed by atoms with E-state index in [0.29, 0.717) is 6.42 Å². The third kappa shape index (κ3) is 3.71. The molecule has 0 aliphatic rings. The normalized spacial score (nSPS) is 10.9. The Balaban J connectivity index is 1.49. The van der Waals surface area contributed by atoms with Crippen LogP contribution in [0.3, 0.4) is 0 Å². The van der Waals surface area contributed by atoms with Gasteiger partial charge >= 0.3 is 0 Å². The van der Waals surface area contributed by atoms with E-state index >= 15 is 0 Å². The Bertz CT molecular complexity index is 1060. The first-order chi connectivity index (χ1) is 13.1. The summed E-state index contributed by atoms with van der Waals surface area (Å²) in [7, 11) is 3.98. The molecule has 0 aliphatic heterocycles. The smallest absolute Gasteiger partial charge is 0.230 e. The minimum atomic E-state index is -0.0396. The number of carbonyl (C=O) groups is 1. The molecule has 2 aromatic heterocycles. The molecule has 4 aromatic rings.